The van der Waals surface area contributed by atoms with Crippen LogP contribution in [0.5, 0.6) is 5.75 Å². The van der Waals surface area contributed by atoms with Gasteiger partial charge in [-0.25, -0.2) is 0 Å². The summed E-state index contributed by atoms with van der Waals surface area (Å²) in [5, 5.41) is 9.75. The molecule has 0 radical (unpaired) electrons. The monoisotopic (exact) mass is 200 g/mol. The zero-order valence-corrected chi connectivity index (χ0v) is 8.44. The Labute approximate surface area is 88.2 Å². The number of anilines is 1. The molecule has 15 heavy (non-hydrogen) atoms. The maximum atomic E-state index is 9.75. The van der Waals surface area contributed by atoms with Gasteiger partial charge < -0.3 is 10.8 Å². The minimum absolute atomic E-state index is 0.164. The number of nitrogens with two attached hydrogens (primary N) is 1. The van der Waals surface area contributed by atoms with Crippen LogP contribution in [0, 0.1) is 6.92 Å². The SMILES string of the molecule is Cc1cccnc1-c1ccc(N)cc1O. The van der Waals surface area contributed by atoms with Gasteiger partial charge >= 0.3 is 0 Å². The van der Waals surface area contributed by atoms with Gasteiger partial charge in [0.1, 0.15) is 5.75 Å². The number of benzene rings is 1. The number of aryl methyl sites for hydroxylation is 1. The first-order valence-corrected chi connectivity index (χ1v) is 4.69. The number of hydrogen-bond donors (Lipinski definition) is 2. The molecule has 0 amide bonds. The maximum absolute atomic E-state index is 9.75. The van der Waals surface area contributed by atoms with E-state index in [0.29, 0.717) is 11.3 Å². The van der Waals surface area contributed by atoms with Crippen LogP contribution < -0.4 is 5.73 Å². The number of hydrogen-bond acceptors (Lipinski definition) is 3. The van der Waals surface area contributed by atoms with Crippen molar-refractivity contribution in [1.82, 2.24) is 4.98 Å². The average molecular weight is 200 g/mol. The van der Waals surface area contributed by atoms with Gasteiger partial charge in [-0.2, -0.15) is 0 Å². The highest BCUT2D eigenvalue weighted by atomic mass is 16.3. The van der Waals surface area contributed by atoms with Gasteiger partial charge in [-0.1, -0.05) is 6.07 Å². The molecule has 0 aliphatic rings. The Bertz CT molecular complexity index is 495. The van der Waals surface area contributed by atoms with Gasteiger partial charge in [0, 0.05) is 23.5 Å². The summed E-state index contributed by atoms with van der Waals surface area (Å²) in [4.78, 5) is 4.24. The van der Waals surface area contributed by atoms with E-state index in [1.165, 1.54) is 6.07 Å². The lowest BCUT2D eigenvalue weighted by Crippen LogP contribution is -1.89. The van der Waals surface area contributed by atoms with Gasteiger partial charge in [0.2, 0.25) is 0 Å². The predicted octanol–water partition coefficient (Wildman–Crippen LogP) is 2.34. The summed E-state index contributed by atoms with van der Waals surface area (Å²) in [7, 11) is 0. The van der Waals surface area contributed by atoms with Crippen LogP contribution in [0.25, 0.3) is 11.3 Å². The predicted molar refractivity (Wildman–Crippen MR) is 60.5 cm³/mol. The Morgan fingerprint density at radius 1 is 1.27 bits per heavy atom. The lowest BCUT2D eigenvalue weighted by molar-refractivity contribution is 0.477. The molecular weight excluding hydrogens is 188 g/mol. The van der Waals surface area contributed by atoms with Gasteiger partial charge in [0.05, 0.1) is 5.69 Å². The molecule has 1 aromatic heterocycles. The molecule has 2 aromatic rings. The lowest BCUT2D eigenvalue weighted by atomic mass is 10.1. The van der Waals surface area contributed by atoms with Crippen molar-refractivity contribution >= 4 is 5.69 Å². The second kappa shape index (κ2) is 3.61. The standard InChI is InChI=1S/C12H12N2O/c1-8-3-2-6-14-12(8)10-5-4-9(13)7-11(10)15/h2-7,15H,13H2,1H3. The van der Waals surface area contributed by atoms with Crippen LogP contribution in [0.4, 0.5) is 5.69 Å². The van der Waals surface area contributed by atoms with E-state index in [1.807, 2.05) is 19.1 Å². The van der Waals surface area contributed by atoms with Crippen molar-refractivity contribution in [3.63, 3.8) is 0 Å². The molecule has 0 bridgehead atoms. The van der Waals surface area contributed by atoms with Crippen molar-refractivity contribution in [1.29, 1.82) is 0 Å². The number of aromatic hydroxyl groups is 1. The molecule has 0 saturated heterocycles. The maximum Gasteiger partial charge on any atom is 0.127 e. The summed E-state index contributed by atoms with van der Waals surface area (Å²) < 4.78 is 0. The average Bonchev–Trinajstić information content (AvgIpc) is 2.20. The fourth-order valence-electron chi connectivity index (χ4n) is 1.52. The zero-order chi connectivity index (χ0) is 10.8. The molecule has 0 fully saturated rings. The van der Waals surface area contributed by atoms with Gasteiger partial charge in [-0.3, -0.25) is 4.98 Å². The van der Waals surface area contributed by atoms with E-state index in [9.17, 15) is 5.11 Å². The topological polar surface area (TPSA) is 59.1 Å². The molecule has 3 nitrogen and oxygen atoms in total. The summed E-state index contributed by atoms with van der Waals surface area (Å²) in [6.45, 7) is 1.96. The van der Waals surface area contributed by atoms with Crippen LogP contribution in [0.3, 0.4) is 0 Å². The third-order valence-corrected chi connectivity index (χ3v) is 2.29. The van der Waals surface area contributed by atoms with Crippen molar-refractivity contribution in [3.8, 4) is 17.0 Å². The van der Waals surface area contributed by atoms with Crippen molar-refractivity contribution in [3.05, 3.63) is 42.1 Å². The minimum atomic E-state index is 0.164. The van der Waals surface area contributed by atoms with Crippen LogP contribution >= 0.6 is 0 Å². The molecule has 3 N–H and O–H groups in total. The molecule has 0 unspecified atom stereocenters. The number of pyridine rings is 1. The molecule has 0 aliphatic heterocycles. The van der Waals surface area contributed by atoms with E-state index < -0.39 is 0 Å². The Hall–Kier alpha value is -2.03. The van der Waals surface area contributed by atoms with Gasteiger partial charge in [-0.15, -0.1) is 0 Å². The molecule has 0 spiro atoms. The van der Waals surface area contributed by atoms with Crippen molar-refractivity contribution in [2.45, 2.75) is 6.92 Å². The van der Waals surface area contributed by atoms with Gasteiger partial charge in [-0.05, 0) is 30.7 Å². The third-order valence-electron chi connectivity index (χ3n) is 2.29. The summed E-state index contributed by atoms with van der Waals surface area (Å²) in [5.41, 5.74) is 8.63. The quantitative estimate of drug-likeness (QED) is 0.694. The zero-order valence-electron chi connectivity index (χ0n) is 8.44. The smallest absolute Gasteiger partial charge is 0.127 e. The Morgan fingerprint density at radius 3 is 2.73 bits per heavy atom. The third kappa shape index (κ3) is 1.76. The molecular formula is C12H12N2O. The highest BCUT2D eigenvalue weighted by Crippen LogP contribution is 2.30. The summed E-state index contributed by atoms with van der Waals surface area (Å²) >= 11 is 0. The number of phenols is 1. The second-order valence-corrected chi connectivity index (χ2v) is 3.45. The van der Waals surface area contributed by atoms with E-state index >= 15 is 0 Å². The Balaban J connectivity index is 2.60. The summed E-state index contributed by atoms with van der Waals surface area (Å²) in [5.74, 6) is 0.164. The van der Waals surface area contributed by atoms with E-state index in [4.69, 9.17) is 5.73 Å². The fourth-order valence-corrected chi connectivity index (χ4v) is 1.52. The number of nitrogen functional groups attached to an aromatic ring is 1. The highest BCUT2D eigenvalue weighted by molar-refractivity contribution is 5.71. The first-order valence-electron chi connectivity index (χ1n) is 4.69. The number of nitrogens with zero attached hydrogens (tertiary/aromatic N) is 1. The van der Waals surface area contributed by atoms with Crippen LogP contribution in [0.15, 0.2) is 36.5 Å². The minimum Gasteiger partial charge on any atom is -0.507 e. The van der Waals surface area contributed by atoms with Gasteiger partial charge in [0.15, 0.2) is 0 Å². The first kappa shape index (κ1) is 9.52. The van der Waals surface area contributed by atoms with Crippen LogP contribution in [0.1, 0.15) is 5.56 Å². The van der Waals surface area contributed by atoms with Crippen LogP contribution in [-0.4, -0.2) is 10.1 Å². The fraction of sp³-hybridized carbons (Fsp3) is 0.0833. The summed E-state index contributed by atoms with van der Waals surface area (Å²) in [6, 6.07) is 8.89. The van der Waals surface area contributed by atoms with Crippen LogP contribution in [0.2, 0.25) is 0 Å². The number of rotatable bonds is 1. The normalized spacial score (nSPS) is 10.2. The summed E-state index contributed by atoms with van der Waals surface area (Å²) in [6.07, 6.45) is 1.71. The van der Waals surface area contributed by atoms with Crippen molar-refractivity contribution in [2.75, 3.05) is 5.73 Å². The molecule has 0 aliphatic carbocycles. The molecule has 0 atom stereocenters. The number of phenolic OH excluding ortho intramolecular Hbond substituents is 1. The first-order chi connectivity index (χ1) is 7.18. The Kier molecular flexibility index (Phi) is 2.29. The molecule has 2 rings (SSSR count). The van der Waals surface area contributed by atoms with Crippen LogP contribution in [-0.2, 0) is 0 Å². The molecule has 3 heteroatoms. The lowest BCUT2D eigenvalue weighted by Gasteiger charge is -2.07. The van der Waals surface area contributed by atoms with E-state index in [0.717, 1.165) is 11.3 Å². The molecule has 1 aromatic carbocycles. The molecule has 1 heterocycles. The van der Waals surface area contributed by atoms with Crippen molar-refractivity contribution in [2.24, 2.45) is 0 Å². The largest absolute Gasteiger partial charge is 0.507 e. The second-order valence-electron chi connectivity index (χ2n) is 3.45. The van der Waals surface area contributed by atoms with Crippen molar-refractivity contribution < 1.29 is 5.11 Å². The highest BCUT2D eigenvalue weighted by Gasteiger charge is 2.07. The number of aromatic nitrogens is 1. The molecule has 0 saturated carbocycles. The van der Waals surface area contributed by atoms with Gasteiger partial charge in [0.25, 0.3) is 0 Å². The van der Waals surface area contributed by atoms with E-state index in [1.54, 1.807) is 18.3 Å². The van der Waals surface area contributed by atoms with E-state index in [2.05, 4.69) is 4.98 Å². The van der Waals surface area contributed by atoms with E-state index in [-0.39, 0.29) is 5.75 Å². The Morgan fingerprint density at radius 2 is 2.07 bits per heavy atom. The molecule has 76 valence electrons.